The zero-order chi connectivity index (χ0) is 23.3. The number of ether oxygens (including phenoxy) is 3. The molecule has 0 N–H and O–H groups in total. The van der Waals surface area contributed by atoms with Crippen molar-refractivity contribution < 1.29 is 23.8 Å². The van der Waals surface area contributed by atoms with Gasteiger partial charge >= 0.3 is 12.1 Å². The van der Waals surface area contributed by atoms with Gasteiger partial charge in [-0.2, -0.15) is 0 Å². The Morgan fingerprint density at radius 1 is 0.774 bits per heavy atom. The summed E-state index contributed by atoms with van der Waals surface area (Å²) in [5, 5.41) is 0. The standard InChI is InChI=1S/C26H34O5/c1-8-26(7,19-12-10-9-11-13-19)18-25(5,6)22(27)29-20-14-16-21(17-15-20)30-23(28)31-24(2,3)4/h9-17H,8,18H2,1-7H3. The molecule has 0 aromatic heterocycles. The van der Waals surface area contributed by atoms with Gasteiger partial charge in [0.2, 0.25) is 0 Å². The zero-order valence-corrected chi connectivity index (χ0v) is 19.7. The van der Waals surface area contributed by atoms with Gasteiger partial charge in [0.1, 0.15) is 17.1 Å². The molecule has 2 aromatic carbocycles. The number of rotatable bonds is 7. The van der Waals surface area contributed by atoms with Gasteiger partial charge in [-0.05, 0) is 82.7 Å². The van der Waals surface area contributed by atoms with Crippen LogP contribution < -0.4 is 9.47 Å². The molecule has 0 amide bonds. The van der Waals surface area contributed by atoms with Crippen molar-refractivity contribution in [1.82, 2.24) is 0 Å². The third-order valence-corrected chi connectivity index (χ3v) is 5.26. The normalized spacial score (nSPS) is 13.8. The first-order chi connectivity index (χ1) is 14.3. The van der Waals surface area contributed by atoms with Gasteiger partial charge in [0.05, 0.1) is 5.41 Å². The fourth-order valence-corrected chi connectivity index (χ4v) is 3.51. The molecule has 1 atom stereocenters. The van der Waals surface area contributed by atoms with Crippen LogP contribution in [0.5, 0.6) is 11.5 Å². The first kappa shape index (κ1) is 24.4. The Morgan fingerprint density at radius 3 is 1.77 bits per heavy atom. The summed E-state index contributed by atoms with van der Waals surface area (Å²) in [5.41, 5.74) is -0.256. The van der Waals surface area contributed by atoms with Gasteiger partial charge in [-0.25, -0.2) is 4.79 Å². The predicted octanol–water partition coefficient (Wildman–Crippen LogP) is 6.69. The van der Waals surface area contributed by atoms with Crippen LogP contribution in [0.15, 0.2) is 54.6 Å². The predicted molar refractivity (Wildman–Crippen MR) is 121 cm³/mol. The molecule has 0 heterocycles. The molecular formula is C26H34O5. The molecule has 0 saturated carbocycles. The van der Waals surface area contributed by atoms with Gasteiger partial charge in [-0.3, -0.25) is 4.79 Å². The van der Waals surface area contributed by atoms with E-state index in [0.717, 1.165) is 6.42 Å². The molecule has 2 rings (SSSR count). The first-order valence-electron chi connectivity index (χ1n) is 10.6. The summed E-state index contributed by atoms with van der Waals surface area (Å²) in [6.45, 7) is 13.4. The Balaban J connectivity index is 2.04. The summed E-state index contributed by atoms with van der Waals surface area (Å²) >= 11 is 0. The molecule has 5 nitrogen and oxygen atoms in total. The molecule has 31 heavy (non-hydrogen) atoms. The van der Waals surface area contributed by atoms with E-state index in [-0.39, 0.29) is 11.4 Å². The minimum atomic E-state index is -0.779. The van der Waals surface area contributed by atoms with E-state index in [1.165, 1.54) is 5.56 Å². The lowest BCUT2D eigenvalue weighted by molar-refractivity contribution is -0.145. The van der Waals surface area contributed by atoms with E-state index < -0.39 is 17.2 Å². The number of hydrogen-bond donors (Lipinski definition) is 0. The lowest BCUT2D eigenvalue weighted by Crippen LogP contribution is -2.36. The van der Waals surface area contributed by atoms with E-state index in [2.05, 4.69) is 26.0 Å². The highest BCUT2D eigenvalue weighted by Gasteiger charge is 2.38. The van der Waals surface area contributed by atoms with Crippen LogP contribution in [0.2, 0.25) is 0 Å². The third-order valence-electron chi connectivity index (χ3n) is 5.26. The first-order valence-corrected chi connectivity index (χ1v) is 10.6. The molecule has 0 aliphatic carbocycles. The average molecular weight is 427 g/mol. The maximum atomic E-state index is 13.0. The lowest BCUT2D eigenvalue weighted by Gasteiger charge is -2.36. The van der Waals surface area contributed by atoms with Crippen LogP contribution in [-0.4, -0.2) is 17.7 Å². The van der Waals surface area contributed by atoms with Crippen molar-refractivity contribution in [3.05, 3.63) is 60.2 Å². The Hall–Kier alpha value is -2.82. The summed E-state index contributed by atoms with van der Waals surface area (Å²) < 4.78 is 15.9. The van der Waals surface area contributed by atoms with E-state index in [9.17, 15) is 9.59 Å². The summed E-state index contributed by atoms with van der Waals surface area (Å²) in [6.07, 6.45) is 0.780. The van der Waals surface area contributed by atoms with E-state index in [4.69, 9.17) is 14.2 Å². The monoisotopic (exact) mass is 426 g/mol. The maximum absolute atomic E-state index is 13.0. The average Bonchev–Trinajstić information content (AvgIpc) is 2.68. The van der Waals surface area contributed by atoms with Crippen molar-refractivity contribution in [2.24, 2.45) is 5.41 Å². The van der Waals surface area contributed by atoms with Crippen LogP contribution in [0.1, 0.15) is 66.9 Å². The minimum absolute atomic E-state index is 0.144. The Morgan fingerprint density at radius 2 is 1.29 bits per heavy atom. The molecule has 0 fully saturated rings. The lowest BCUT2D eigenvalue weighted by atomic mass is 9.69. The molecule has 0 spiro atoms. The van der Waals surface area contributed by atoms with Crippen molar-refractivity contribution in [2.45, 2.75) is 72.3 Å². The highest BCUT2D eigenvalue weighted by Crippen LogP contribution is 2.40. The number of esters is 1. The van der Waals surface area contributed by atoms with E-state index in [1.807, 2.05) is 32.0 Å². The molecule has 5 heteroatoms. The summed E-state index contributed by atoms with van der Waals surface area (Å²) in [6, 6.07) is 16.6. The zero-order valence-electron chi connectivity index (χ0n) is 19.7. The summed E-state index contributed by atoms with van der Waals surface area (Å²) in [7, 11) is 0. The van der Waals surface area contributed by atoms with E-state index in [1.54, 1.807) is 45.0 Å². The Labute approximate surface area is 185 Å². The molecule has 1 unspecified atom stereocenters. The third kappa shape index (κ3) is 7.12. The molecule has 0 aliphatic heterocycles. The van der Waals surface area contributed by atoms with Crippen LogP contribution >= 0.6 is 0 Å². The quantitative estimate of drug-likeness (QED) is 0.280. The second-order valence-electron chi connectivity index (χ2n) is 9.77. The SMILES string of the molecule is CCC(C)(CC(C)(C)C(=O)Oc1ccc(OC(=O)OC(C)(C)C)cc1)c1ccccc1. The number of benzene rings is 2. The van der Waals surface area contributed by atoms with Gasteiger partial charge in [0, 0.05) is 0 Å². The second kappa shape index (κ2) is 9.54. The maximum Gasteiger partial charge on any atom is 0.514 e. The molecule has 0 aliphatic rings. The smallest absolute Gasteiger partial charge is 0.428 e. The fourth-order valence-electron chi connectivity index (χ4n) is 3.51. The van der Waals surface area contributed by atoms with Gasteiger partial charge < -0.3 is 14.2 Å². The van der Waals surface area contributed by atoms with Crippen molar-refractivity contribution in [3.63, 3.8) is 0 Å². The van der Waals surface area contributed by atoms with Crippen LogP contribution in [0.25, 0.3) is 0 Å². The summed E-state index contributed by atoms with van der Waals surface area (Å²) in [4.78, 5) is 24.7. The second-order valence-corrected chi connectivity index (χ2v) is 9.77. The minimum Gasteiger partial charge on any atom is -0.428 e. The van der Waals surface area contributed by atoms with Crippen molar-refractivity contribution >= 4 is 12.1 Å². The number of carbonyl (C=O) groups is 2. The fraction of sp³-hybridized carbons (Fsp3) is 0.462. The highest BCUT2D eigenvalue weighted by atomic mass is 16.7. The van der Waals surface area contributed by atoms with Gasteiger partial charge in [0.15, 0.2) is 0 Å². The summed E-state index contributed by atoms with van der Waals surface area (Å²) in [5.74, 6) is 0.410. The van der Waals surface area contributed by atoms with E-state index >= 15 is 0 Å². The van der Waals surface area contributed by atoms with Gasteiger partial charge in [-0.15, -0.1) is 0 Å². The Kier molecular flexibility index (Phi) is 7.53. The highest BCUT2D eigenvalue weighted by molar-refractivity contribution is 5.78. The molecular weight excluding hydrogens is 392 g/mol. The van der Waals surface area contributed by atoms with Crippen molar-refractivity contribution in [1.29, 1.82) is 0 Å². The van der Waals surface area contributed by atoms with Gasteiger partial charge in [-0.1, -0.05) is 44.2 Å². The van der Waals surface area contributed by atoms with E-state index in [0.29, 0.717) is 17.9 Å². The Bertz CT molecular complexity index is 878. The molecule has 168 valence electrons. The molecule has 2 aromatic rings. The topological polar surface area (TPSA) is 61.8 Å². The van der Waals surface area contributed by atoms with Crippen LogP contribution in [0.3, 0.4) is 0 Å². The van der Waals surface area contributed by atoms with Crippen LogP contribution in [0, 0.1) is 5.41 Å². The molecule has 0 saturated heterocycles. The number of hydrogen-bond acceptors (Lipinski definition) is 5. The van der Waals surface area contributed by atoms with Crippen molar-refractivity contribution in [2.75, 3.05) is 0 Å². The van der Waals surface area contributed by atoms with Crippen molar-refractivity contribution in [3.8, 4) is 11.5 Å². The molecule has 0 radical (unpaired) electrons. The van der Waals surface area contributed by atoms with Gasteiger partial charge in [0.25, 0.3) is 0 Å². The van der Waals surface area contributed by atoms with Crippen LogP contribution in [0.4, 0.5) is 4.79 Å². The largest absolute Gasteiger partial charge is 0.514 e. The molecule has 0 bridgehead atoms. The number of carbonyl (C=O) groups excluding carboxylic acids is 2. The van der Waals surface area contributed by atoms with Crippen LogP contribution in [-0.2, 0) is 14.9 Å².